The molecule has 2 aromatic rings. The molecule has 3 amide bonds. The lowest BCUT2D eigenvalue weighted by Crippen LogP contribution is -2.40. The average molecular weight is 454 g/mol. The Morgan fingerprint density at radius 3 is 2.61 bits per heavy atom. The summed E-state index contributed by atoms with van der Waals surface area (Å²) in [5, 5.41) is 5.76. The second-order valence-electron chi connectivity index (χ2n) is 10.2. The molecule has 2 atom stereocenters. The number of rotatable bonds is 6. The van der Waals surface area contributed by atoms with Gasteiger partial charge in [-0.05, 0) is 55.1 Å². The van der Waals surface area contributed by atoms with E-state index in [-0.39, 0.29) is 29.5 Å². The van der Waals surface area contributed by atoms with Crippen molar-refractivity contribution in [2.75, 3.05) is 26.2 Å². The van der Waals surface area contributed by atoms with Crippen LogP contribution in [0.5, 0.6) is 0 Å². The summed E-state index contributed by atoms with van der Waals surface area (Å²) in [6.07, 6.45) is 7.12. The summed E-state index contributed by atoms with van der Waals surface area (Å²) in [5.74, 6) is 0.314. The Bertz CT molecular complexity index is 1040. The molecule has 2 N–H and O–H groups in total. The van der Waals surface area contributed by atoms with Crippen LogP contribution in [-0.2, 0) is 4.79 Å². The summed E-state index contributed by atoms with van der Waals surface area (Å²) < 4.78 is 1.64. The molecule has 8 nitrogen and oxygen atoms in total. The fourth-order valence-corrected chi connectivity index (χ4v) is 5.16. The highest BCUT2D eigenvalue weighted by molar-refractivity contribution is 5.97. The third-order valence-electron chi connectivity index (χ3n) is 7.68. The Labute approximate surface area is 195 Å². The van der Waals surface area contributed by atoms with Gasteiger partial charge in [-0.1, -0.05) is 33.3 Å². The van der Waals surface area contributed by atoms with E-state index < -0.39 is 5.91 Å². The van der Waals surface area contributed by atoms with E-state index in [4.69, 9.17) is 0 Å². The molecule has 0 spiro atoms. The number of pyridine rings is 1. The molecule has 2 aliphatic rings. The van der Waals surface area contributed by atoms with Crippen molar-refractivity contribution in [3.05, 3.63) is 35.8 Å². The summed E-state index contributed by atoms with van der Waals surface area (Å²) in [7, 11) is 0. The average Bonchev–Trinajstić information content (AvgIpc) is 3.48. The minimum atomic E-state index is -0.420. The lowest BCUT2D eigenvalue weighted by molar-refractivity contribution is -0.129. The molecule has 1 saturated heterocycles. The molecule has 0 bridgehead atoms. The van der Waals surface area contributed by atoms with Crippen LogP contribution in [-0.4, -0.2) is 58.2 Å². The maximum Gasteiger partial charge on any atom is 0.271 e. The van der Waals surface area contributed by atoms with E-state index in [1.165, 1.54) is 12.8 Å². The van der Waals surface area contributed by atoms with E-state index in [1.807, 2.05) is 0 Å². The highest BCUT2D eigenvalue weighted by Gasteiger charge is 2.35. The van der Waals surface area contributed by atoms with Crippen molar-refractivity contribution in [3.63, 3.8) is 0 Å². The number of hydrogen-bond acceptors (Lipinski definition) is 4. The Hall–Kier alpha value is -2.90. The van der Waals surface area contributed by atoms with Crippen molar-refractivity contribution in [3.8, 4) is 0 Å². The molecular formula is C25H35N5O3. The largest absolute Gasteiger partial charge is 0.350 e. The van der Waals surface area contributed by atoms with Gasteiger partial charge in [-0.3, -0.25) is 18.8 Å². The van der Waals surface area contributed by atoms with E-state index in [2.05, 4.69) is 36.4 Å². The summed E-state index contributed by atoms with van der Waals surface area (Å²) in [5.41, 5.74) is 1.43. The topological polar surface area (TPSA) is 95.8 Å². The predicted octanol–water partition coefficient (Wildman–Crippen LogP) is 2.88. The summed E-state index contributed by atoms with van der Waals surface area (Å²) in [6.45, 7) is 8.99. The van der Waals surface area contributed by atoms with Gasteiger partial charge in [-0.25, -0.2) is 4.98 Å². The van der Waals surface area contributed by atoms with Crippen LogP contribution in [0.4, 0.5) is 0 Å². The quantitative estimate of drug-likeness (QED) is 0.703. The molecule has 178 valence electrons. The first-order valence-corrected chi connectivity index (χ1v) is 12.1. The normalized spacial score (nSPS) is 22.3. The van der Waals surface area contributed by atoms with E-state index in [0.29, 0.717) is 29.7 Å². The van der Waals surface area contributed by atoms with Crippen LogP contribution in [0.15, 0.2) is 24.4 Å². The highest BCUT2D eigenvalue weighted by Crippen LogP contribution is 2.43. The molecule has 1 saturated carbocycles. The molecular weight excluding hydrogens is 418 g/mol. The third-order valence-corrected chi connectivity index (χ3v) is 7.68. The first-order valence-electron chi connectivity index (χ1n) is 12.1. The zero-order valence-electron chi connectivity index (χ0n) is 19.9. The smallest absolute Gasteiger partial charge is 0.271 e. The summed E-state index contributed by atoms with van der Waals surface area (Å²) in [6, 6.07) is 5.26. The Balaban J connectivity index is 1.40. The number of carbonyl (C=O) groups excluding carboxylic acids is 3. The van der Waals surface area contributed by atoms with E-state index in [0.717, 1.165) is 32.4 Å². The minimum absolute atomic E-state index is 0.0457. The van der Waals surface area contributed by atoms with Gasteiger partial charge >= 0.3 is 0 Å². The SMILES string of the molecule is CC1C(CNC(=O)c2cccc3nc(C(=O)NCC(=O)N4CCCC4)cn23)CCCC1(C)C. The van der Waals surface area contributed by atoms with Gasteiger partial charge in [-0.15, -0.1) is 0 Å². The summed E-state index contributed by atoms with van der Waals surface area (Å²) >= 11 is 0. The lowest BCUT2D eigenvalue weighted by Gasteiger charge is -2.42. The van der Waals surface area contributed by atoms with Gasteiger partial charge in [0.25, 0.3) is 11.8 Å². The molecule has 2 unspecified atom stereocenters. The first kappa shape index (κ1) is 23.3. The fourth-order valence-electron chi connectivity index (χ4n) is 5.16. The molecule has 4 rings (SSSR count). The van der Waals surface area contributed by atoms with Crippen molar-refractivity contribution < 1.29 is 14.4 Å². The molecule has 0 radical (unpaired) electrons. The van der Waals surface area contributed by atoms with E-state index in [1.54, 1.807) is 33.7 Å². The van der Waals surface area contributed by atoms with Crippen LogP contribution in [0.25, 0.3) is 5.65 Å². The number of aromatic nitrogens is 2. The van der Waals surface area contributed by atoms with E-state index >= 15 is 0 Å². The van der Waals surface area contributed by atoms with Crippen molar-refractivity contribution in [1.82, 2.24) is 24.9 Å². The number of imidazole rings is 1. The molecule has 0 aromatic carbocycles. The third kappa shape index (κ3) is 5.04. The van der Waals surface area contributed by atoms with Gasteiger partial charge < -0.3 is 15.5 Å². The van der Waals surface area contributed by atoms with Crippen molar-refractivity contribution in [2.24, 2.45) is 17.3 Å². The first-order chi connectivity index (χ1) is 15.8. The standard InChI is InChI=1S/C25H35N5O3/c1-17-18(8-7-11-25(17,2)3)14-26-24(33)20-9-6-10-21-28-19(16-30(20)21)23(32)27-15-22(31)29-12-4-5-13-29/h6,9-10,16-18H,4-5,7-8,11-15H2,1-3H3,(H,26,33)(H,27,32). The number of fused-ring (bicyclic) bond motifs is 1. The number of hydrogen-bond donors (Lipinski definition) is 2. The van der Waals surface area contributed by atoms with Crippen LogP contribution >= 0.6 is 0 Å². The van der Waals surface area contributed by atoms with Crippen LogP contribution in [0.2, 0.25) is 0 Å². The van der Waals surface area contributed by atoms with Crippen molar-refractivity contribution in [1.29, 1.82) is 0 Å². The van der Waals surface area contributed by atoms with Crippen LogP contribution < -0.4 is 10.6 Å². The van der Waals surface area contributed by atoms with Crippen LogP contribution in [0.3, 0.4) is 0 Å². The number of carbonyl (C=O) groups is 3. The van der Waals surface area contributed by atoms with Crippen LogP contribution in [0, 0.1) is 17.3 Å². The van der Waals surface area contributed by atoms with Gasteiger partial charge in [0.05, 0.1) is 6.54 Å². The Kier molecular flexibility index (Phi) is 6.72. The second kappa shape index (κ2) is 9.53. The van der Waals surface area contributed by atoms with Gasteiger partial charge in [0.1, 0.15) is 17.0 Å². The molecule has 8 heteroatoms. The fraction of sp³-hybridized carbons (Fsp3) is 0.600. The van der Waals surface area contributed by atoms with E-state index in [9.17, 15) is 14.4 Å². The zero-order valence-corrected chi connectivity index (χ0v) is 19.9. The van der Waals surface area contributed by atoms with Crippen LogP contribution in [0.1, 0.15) is 73.9 Å². The van der Waals surface area contributed by atoms with Crippen molar-refractivity contribution >= 4 is 23.4 Å². The van der Waals surface area contributed by atoms with Gasteiger partial charge in [0.15, 0.2) is 0 Å². The molecule has 1 aliphatic carbocycles. The molecule has 3 heterocycles. The monoisotopic (exact) mass is 453 g/mol. The number of likely N-dealkylation sites (tertiary alicyclic amines) is 1. The maximum atomic E-state index is 13.0. The zero-order chi connectivity index (χ0) is 23.6. The Morgan fingerprint density at radius 2 is 1.85 bits per heavy atom. The lowest BCUT2D eigenvalue weighted by atomic mass is 9.64. The number of nitrogens with one attached hydrogen (secondary N) is 2. The summed E-state index contributed by atoms with van der Waals surface area (Å²) in [4.78, 5) is 43.9. The molecule has 1 aliphatic heterocycles. The van der Waals surface area contributed by atoms with Gasteiger partial charge in [0, 0.05) is 25.8 Å². The molecule has 2 aromatic heterocycles. The Morgan fingerprint density at radius 1 is 1.09 bits per heavy atom. The molecule has 2 fully saturated rings. The maximum absolute atomic E-state index is 13.0. The van der Waals surface area contributed by atoms with Gasteiger partial charge in [-0.2, -0.15) is 0 Å². The predicted molar refractivity (Wildman–Crippen MR) is 126 cm³/mol. The highest BCUT2D eigenvalue weighted by atomic mass is 16.2. The molecule has 33 heavy (non-hydrogen) atoms. The van der Waals surface area contributed by atoms with Gasteiger partial charge in [0.2, 0.25) is 5.91 Å². The number of amides is 3. The minimum Gasteiger partial charge on any atom is -0.350 e. The number of nitrogens with zero attached hydrogens (tertiary/aromatic N) is 3. The van der Waals surface area contributed by atoms with Crippen molar-refractivity contribution in [2.45, 2.75) is 52.9 Å². The second-order valence-corrected chi connectivity index (χ2v) is 10.2.